The highest BCUT2D eigenvalue weighted by atomic mass is 19.1. The first kappa shape index (κ1) is 12.6. The van der Waals surface area contributed by atoms with Gasteiger partial charge < -0.3 is 15.3 Å². The lowest BCUT2D eigenvalue weighted by Crippen LogP contribution is -2.14. The van der Waals surface area contributed by atoms with Crippen molar-refractivity contribution in [3.63, 3.8) is 0 Å². The number of halogens is 1. The number of aliphatic carboxylic acids is 1. The van der Waals surface area contributed by atoms with Gasteiger partial charge in [-0.15, -0.1) is 0 Å². The van der Waals surface area contributed by atoms with E-state index in [0.29, 0.717) is 5.56 Å². The van der Waals surface area contributed by atoms with Crippen LogP contribution in [0.3, 0.4) is 0 Å². The highest BCUT2D eigenvalue weighted by molar-refractivity contribution is 5.68. The standard InChI is InChI=1S/C11H13FO4/c12-9-3-1-2-7(4-9)8(5-10(13)14)6-11(15)16/h1-4,8,10,13-14H,5-6H2,(H,15,16). The summed E-state index contributed by atoms with van der Waals surface area (Å²) in [5, 5.41) is 26.3. The van der Waals surface area contributed by atoms with Gasteiger partial charge in [-0.3, -0.25) is 4.79 Å². The second-order valence-corrected chi connectivity index (χ2v) is 3.57. The van der Waals surface area contributed by atoms with Gasteiger partial charge in [-0.05, 0) is 23.6 Å². The van der Waals surface area contributed by atoms with Gasteiger partial charge in [0.15, 0.2) is 6.29 Å². The molecular weight excluding hydrogens is 215 g/mol. The molecule has 1 unspecified atom stereocenters. The Morgan fingerprint density at radius 1 is 1.38 bits per heavy atom. The average molecular weight is 228 g/mol. The van der Waals surface area contributed by atoms with E-state index in [0.717, 1.165) is 0 Å². The molecule has 3 N–H and O–H groups in total. The molecule has 88 valence electrons. The highest BCUT2D eigenvalue weighted by Gasteiger charge is 2.18. The largest absolute Gasteiger partial charge is 0.481 e. The van der Waals surface area contributed by atoms with Gasteiger partial charge in [-0.2, -0.15) is 0 Å². The Labute approximate surface area is 92.0 Å². The van der Waals surface area contributed by atoms with E-state index in [1.165, 1.54) is 18.2 Å². The number of rotatable bonds is 5. The lowest BCUT2D eigenvalue weighted by atomic mass is 9.92. The van der Waals surface area contributed by atoms with Crippen molar-refractivity contribution >= 4 is 5.97 Å². The second kappa shape index (κ2) is 5.58. The normalized spacial score (nSPS) is 12.8. The Kier molecular flexibility index (Phi) is 4.39. The van der Waals surface area contributed by atoms with Crippen molar-refractivity contribution in [3.05, 3.63) is 35.6 Å². The van der Waals surface area contributed by atoms with Crippen molar-refractivity contribution in [2.45, 2.75) is 25.0 Å². The minimum absolute atomic E-state index is 0.129. The maximum absolute atomic E-state index is 12.9. The SMILES string of the molecule is O=C(O)CC(CC(O)O)c1cccc(F)c1. The van der Waals surface area contributed by atoms with Gasteiger partial charge in [0.1, 0.15) is 5.82 Å². The van der Waals surface area contributed by atoms with Crippen molar-refractivity contribution < 1.29 is 24.5 Å². The molecule has 0 saturated heterocycles. The van der Waals surface area contributed by atoms with Crippen molar-refractivity contribution in [2.75, 3.05) is 0 Å². The van der Waals surface area contributed by atoms with Gasteiger partial charge in [0.25, 0.3) is 0 Å². The summed E-state index contributed by atoms with van der Waals surface area (Å²) in [4.78, 5) is 10.6. The topological polar surface area (TPSA) is 77.8 Å². The van der Waals surface area contributed by atoms with Crippen molar-refractivity contribution in [2.24, 2.45) is 0 Å². The van der Waals surface area contributed by atoms with Crippen LogP contribution < -0.4 is 0 Å². The maximum Gasteiger partial charge on any atom is 0.303 e. The molecule has 4 nitrogen and oxygen atoms in total. The lowest BCUT2D eigenvalue weighted by Gasteiger charge is -2.16. The molecule has 0 amide bonds. The molecule has 0 aromatic heterocycles. The molecule has 0 spiro atoms. The number of hydrogen-bond donors (Lipinski definition) is 3. The first-order chi connectivity index (χ1) is 7.49. The summed E-state index contributed by atoms with van der Waals surface area (Å²) in [5.74, 6) is -2.14. The van der Waals surface area contributed by atoms with Gasteiger partial charge in [0, 0.05) is 6.42 Å². The molecule has 5 heteroatoms. The second-order valence-electron chi connectivity index (χ2n) is 3.57. The zero-order valence-corrected chi connectivity index (χ0v) is 8.51. The molecule has 0 aliphatic rings. The molecule has 0 radical (unpaired) electrons. The van der Waals surface area contributed by atoms with E-state index in [2.05, 4.69) is 0 Å². The predicted octanol–water partition coefficient (Wildman–Crippen LogP) is 1.08. The third-order valence-corrected chi connectivity index (χ3v) is 2.24. The number of carboxylic acid groups (broad SMARTS) is 1. The summed E-state index contributed by atoms with van der Waals surface area (Å²) in [6.07, 6.45) is -2.00. The Hall–Kier alpha value is -1.46. The van der Waals surface area contributed by atoms with Crippen molar-refractivity contribution in [3.8, 4) is 0 Å². The van der Waals surface area contributed by atoms with Crippen LogP contribution in [0.5, 0.6) is 0 Å². The number of carbonyl (C=O) groups is 1. The van der Waals surface area contributed by atoms with Crippen LogP contribution in [0.4, 0.5) is 4.39 Å². The Balaban J connectivity index is 2.86. The summed E-state index contributed by atoms with van der Waals surface area (Å²) in [5.41, 5.74) is 0.454. The molecule has 0 bridgehead atoms. The number of hydrogen-bond acceptors (Lipinski definition) is 3. The molecular formula is C11H13FO4. The van der Waals surface area contributed by atoms with Gasteiger partial charge in [0.05, 0.1) is 6.42 Å². The highest BCUT2D eigenvalue weighted by Crippen LogP contribution is 2.25. The minimum atomic E-state index is -1.60. The first-order valence-corrected chi connectivity index (χ1v) is 4.82. The number of aliphatic hydroxyl groups excluding tert-OH is 1. The molecule has 0 aliphatic carbocycles. The van der Waals surface area contributed by atoms with E-state index in [9.17, 15) is 9.18 Å². The smallest absolute Gasteiger partial charge is 0.303 e. The minimum Gasteiger partial charge on any atom is -0.481 e. The summed E-state index contributed by atoms with van der Waals surface area (Å²) in [6, 6.07) is 5.48. The summed E-state index contributed by atoms with van der Waals surface area (Å²) in [7, 11) is 0. The van der Waals surface area contributed by atoms with E-state index in [4.69, 9.17) is 15.3 Å². The number of aliphatic hydroxyl groups is 2. The molecule has 0 saturated carbocycles. The van der Waals surface area contributed by atoms with Gasteiger partial charge >= 0.3 is 5.97 Å². The Morgan fingerprint density at radius 3 is 2.56 bits per heavy atom. The van der Waals surface area contributed by atoms with Crippen LogP contribution in [0.2, 0.25) is 0 Å². The molecule has 1 rings (SSSR count). The average Bonchev–Trinajstić information content (AvgIpc) is 2.15. The summed E-state index contributed by atoms with van der Waals surface area (Å²) < 4.78 is 12.9. The summed E-state index contributed by atoms with van der Waals surface area (Å²) >= 11 is 0. The van der Waals surface area contributed by atoms with Gasteiger partial charge in [-0.25, -0.2) is 4.39 Å². The van der Waals surface area contributed by atoms with Crippen molar-refractivity contribution in [1.82, 2.24) is 0 Å². The third kappa shape index (κ3) is 3.96. The quantitative estimate of drug-likeness (QED) is 0.659. The molecule has 0 fully saturated rings. The molecule has 1 atom stereocenters. The summed E-state index contributed by atoms with van der Waals surface area (Å²) in [6.45, 7) is 0. The fourth-order valence-electron chi connectivity index (χ4n) is 1.56. The first-order valence-electron chi connectivity index (χ1n) is 4.82. The molecule has 16 heavy (non-hydrogen) atoms. The van der Waals surface area contributed by atoms with E-state index in [-0.39, 0.29) is 12.8 Å². The van der Waals surface area contributed by atoms with Crippen LogP contribution >= 0.6 is 0 Å². The van der Waals surface area contributed by atoms with Crippen molar-refractivity contribution in [1.29, 1.82) is 0 Å². The number of benzene rings is 1. The van der Waals surface area contributed by atoms with Crippen LogP contribution in [-0.4, -0.2) is 27.6 Å². The van der Waals surface area contributed by atoms with Crippen LogP contribution in [-0.2, 0) is 4.79 Å². The zero-order valence-electron chi connectivity index (χ0n) is 8.51. The Bertz CT molecular complexity index is 365. The van der Waals surface area contributed by atoms with Crippen LogP contribution in [0, 0.1) is 5.82 Å². The molecule has 1 aromatic rings. The van der Waals surface area contributed by atoms with Crippen LogP contribution in [0.15, 0.2) is 24.3 Å². The monoisotopic (exact) mass is 228 g/mol. The van der Waals surface area contributed by atoms with Gasteiger partial charge in [0.2, 0.25) is 0 Å². The van der Waals surface area contributed by atoms with Gasteiger partial charge in [-0.1, -0.05) is 12.1 Å². The number of carboxylic acids is 1. The van der Waals surface area contributed by atoms with E-state index in [1.807, 2.05) is 0 Å². The molecule has 0 aliphatic heterocycles. The van der Waals surface area contributed by atoms with Crippen LogP contribution in [0.25, 0.3) is 0 Å². The van der Waals surface area contributed by atoms with E-state index in [1.54, 1.807) is 6.07 Å². The molecule has 1 aromatic carbocycles. The Morgan fingerprint density at radius 2 is 2.06 bits per heavy atom. The molecule has 0 heterocycles. The third-order valence-electron chi connectivity index (χ3n) is 2.24. The maximum atomic E-state index is 12.9. The fourth-order valence-corrected chi connectivity index (χ4v) is 1.56. The van der Waals surface area contributed by atoms with E-state index >= 15 is 0 Å². The predicted molar refractivity (Wildman–Crippen MR) is 54.2 cm³/mol. The zero-order chi connectivity index (χ0) is 12.1. The van der Waals surface area contributed by atoms with E-state index < -0.39 is 24.0 Å². The lowest BCUT2D eigenvalue weighted by molar-refractivity contribution is -0.138. The van der Waals surface area contributed by atoms with Crippen LogP contribution in [0.1, 0.15) is 24.3 Å². The fraction of sp³-hybridized carbons (Fsp3) is 0.364.